The molecule has 0 bridgehead atoms. The maximum absolute atomic E-state index is 11.9. The van der Waals surface area contributed by atoms with E-state index in [2.05, 4.69) is 5.32 Å². The van der Waals surface area contributed by atoms with Crippen LogP contribution in [0.2, 0.25) is 15.1 Å². The Hall–Kier alpha value is -1.22. The van der Waals surface area contributed by atoms with Crippen molar-refractivity contribution in [3.05, 3.63) is 68.7 Å². The summed E-state index contributed by atoms with van der Waals surface area (Å²) in [6, 6.07) is 12.5. The van der Waals surface area contributed by atoms with Gasteiger partial charge in [-0.05, 0) is 29.3 Å². The first kappa shape index (κ1) is 15.2. The first-order valence-corrected chi connectivity index (χ1v) is 7.13. The van der Waals surface area contributed by atoms with Gasteiger partial charge in [0.05, 0.1) is 6.42 Å². The molecule has 2 aromatic carbocycles. The predicted molar refractivity (Wildman–Crippen MR) is 83.5 cm³/mol. The normalized spacial score (nSPS) is 10.3. The van der Waals surface area contributed by atoms with Gasteiger partial charge in [0.25, 0.3) is 0 Å². The van der Waals surface area contributed by atoms with Crippen LogP contribution in [0, 0.1) is 0 Å². The van der Waals surface area contributed by atoms with Crippen molar-refractivity contribution in [3.8, 4) is 0 Å². The Morgan fingerprint density at radius 2 is 1.70 bits per heavy atom. The molecule has 0 atom stereocenters. The number of halogens is 3. The number of amides is 1. The summed E-state index contributed by atoms with van der Waals surface area (Å²) < 4.78 is 0. The lowest BCUT2D eigenvalue weighted by Gasteiger charge is -2.08. The van der Waals surface area contributed by atoms with Gasteiger partial charge in [-0.3, -0.25) is 4.79 Å². The van der Waals surface area contributed by atoms with Crippen molar-refractivity contribution in [1.82, 2.24) is 5.32 Å². The minimum Gasteiger partial charge on any atom is -0.352 e. The topological polar surface area (TPSA) is 29.1 Å². The third-order valence-electron chi connectivity index (χ3n) is 2.80. The summed E-state index contributed by atoms with van der Waals surface area (Å²) in [5, 5.41) is 4.49. The van der Waals surface area contributed by atoms with Crippen LogP contribution in [-0.4, -0.2) is 5.91 Å². The number of carbonyl (C=O) groups excluding carboxylic acids is 1. The summed E-state index contributed by atoms with van der Waals surface area (Å²) in [5.41, 5.74) is 1.62. The van der Waals surface area contributed by atoms with E-state index < -0.39 is 0 Å². The third-order valence-corrected chi connectivity index (χ3v) is 3.76. The zero-order valence-corrected chi connectivity index (χ0v) is 12.8. The molecule has 2 aromatic rings. The SMILES string of the molecule is O=C(Cc1ccc(Cl)cc1Cl)NCc1ccccc1Cl. The second-order valence-electron chi connectivity index (χ2n) is 4.28. The molecule has 0 aliphatic carbocycles. The second-order valence-corrected chi connectivity index (χ2v) is 5.53. The van der Waals surface area contributed by atoms with Gasteiger partial charge in [0, 0.05) is 21.6 Å². The predicted octanol–water partition coefficient (Wildman–Crippen LogP) is 4.51. The lowest BCUT2D eigenvalue weighted by Crippen LogP contribution is -2.24. The maximum atomic E-state index is 11.9. The zero-order valence-electron chi connectivity index (χ0n) is 10.5. The molecule has 0 heterocycles. The fourth-order valence-electron chi connectivity index (χ4n) is 1.74. The fourth-order valence-corrected chi connectivity index (χ4v) is 2.41. The second kappa shape index (κ2) is 6.98. The van der Waals surface area contributed by atoms with E-state index in [1.54, 1.807) is 24.3 Å². The first-order valence-electron chi connectivity index (χ1n) is 6.00. The largest absolute Gasteiger partial charge is 0.352 e. The first-order chi connectivity index (χ1) is 9.56. The molecule has 0 saturated carbocycles. The molecule has 0 aliphatic heterocycles. The van der Waals surface area contributed by atoms with Crippen LogP contribution >= 0.6 is 34.8 Å². The highest BCUT2D eigenvalue weighted by Gasteiger charge is 2.08. The molecule has 0 saturated heterocycles. The highest BCUT2D eigenvalue weighted by molar-refractivity contribution is 6.35. The van der Waals surface area contributed by atoms with Crippen molar-refractivity contribution in [2.45, 2.75) is 13.0 Å². The van der Waals surface area contributed by atoms with Gasteiger partial charge in [-0.15, -0.1) is 0 Å². The van der Waals surface area contributed by atoms with Crippen LogP contribution in [0.4, 0.5) is 0 Å². The Labute approximate surface area is 132 Å². The quantitative estimate of drug-likeness (QED) is 0.879. The van der Waals surface area contributed by atoms with E-state index in [9.17, 15) is 4.79 Å². The van der Waals surface area contributed by atoms with Crippen LogP contribution in [0.5, 0.6) is 0 Å². The van der Waals surface area contributed by atoms with Crippen LogP contribution in [0.1, 0.15) is 11.1 Å². The molecule has 2 nitrogen and oxygen atoms in total. The van der Waals surface area contributed by atoms with Crippen molar-refractivity contribution in [2.75, 3.05) is 0 Å². The number of nitrogens with one attached hydrogen (secondary N) is 1. The van der Waals surface area contributed by atoms with Gasteiger partial charge in [0.1, 0.15) is 0 Å². The average Bonchev–Trinajstić information content (AvgIpc) is 2.41. The summed E-state index contributed by atoms with van der Waals surface area (Å²) in [6.07, 6.45) is 0.209. The average molecular weight is 329 g/mol. The summed E-state index contributed by atoms with van der Waals surface area (Å²) in [5.74, 6) is -0.117. The third kappa shape index (κ3) is 4.14. The Morgan fingerprint density at radius 3 is 2.40 bits per heavy atom. The van der Waals surface area contributed by atoms with Crippen LogP contribution in [0.3, 0.4) is 0 Å². The Balaban J connectivity index is 1.94. The Bertz CT molecular complexity index is 628. The van der Waals surface area contributed by atoms with Crippen LogP contribution in [0.25, 0.3) is 0 Å². The molecule has 0 spiro atoms. The van der Waals surface area contributed by atoms with Crippen molar-refractivity contribution in [1.29, 1.82) is 0 Å². The summed E-state index contributed by atoms with van der Waals surface area (Å²) >= 11 is 17.9. The minimum atomic E-state index is -0.117. The van der Waals surface area contributed by atoms with Gasteiger partial charge >= 0.3 is 0 Å². The number of carbonyl (C=O) groups is 1. The molecule has 2 rings (SSSR count). The molecular formula is C15H12Cl3NO. The standard InChI is InChI=1S/C15H12Cl3NO/c16-12-6-5-10(14(18)8-12)7-15(20)19-9-11-3-1-2-4-13(11)17/h1-6,8H,7,9H2,(H,19,20). The molecule has 0 aromatic heterocycles. The molecular weight excluding hydrogens is 317 g/mol. The van der Waals surface area contributed by atoms with Gasteiger partial charge < -0.3 is 5.32 Å². The highest BCUT2D eigenvalue weighted by Crippen LogP contribution is 2.21. The van der Waals surface area contributed by atoms with Crippen molar-refractivity contribution < 1.29 is 4.79 Å². The molecule has 5 heteroatoms. The summed E-state index contributed by atoms with van der Waals surface area (Å²) in [6.45, 7) is 0.393. The summed E-state index contributed by atoms with van der Waals surface area (Å²) in [7, 11) is 0. The van der Waals surface area contributed by atoms with Gasteiger partial charge in [0.2, 0.25) is 5.91 Å². The van der Waals surface area contributed by atoms with Gasteiger partial charge in [-0.1, -0.05) is 59.1 Å². The molecule has 0 fully saturated rings. The summed E-state index contributed by atoms with van der Waals surface area (Å²) in [4.78, 5) is 11.9. The number of rotatable bonds is 4. The maximum Gasteiger partial charge on any atom is 0.224 e. The van der Waals surface area contributed by atoms with Crippen molar-refractivity contribution in [3.63, 3.8) is 0 Å². The van der Waals surface area contributed by atoms with E-state index in [4.69, 9.17) is 34.8 Å². The zero-order chi connectivity index (χ0) is 14.5. The van der Waals surface area contributed by atoms with E-state index in [0.29, 0.717) is 21.6 Å². The minimum absolute atomic E-state index is 0.117. The van der Waals surface area contributed by atoms with E-state index in [-0.39, 0.29) is 12.3 Å². The van der Waals surface area contributed by atoms with E-state index in [0.717, 1.165) is 11.1 Å². The van der Waals surface area contributed by atoms with Crippen molar-refractivity contribution >= 4 is 40.7 Å². The lowest BCUT2D eigenvalue weighted by atomic mass is 10.1. The molecule has 1 N–H and O–H groups in total. The number of hydrogen-bond donors (Lipinski definition) is 1. The Morgan fingerprint density at radius 1 is 0.950 bits per heavy atom. The monoisotopic (exact) mass is 327 g/mol. The van der Waals surface area contributed by atoms with Crippen LogP contribution in [0.15, 0.2) is 42.5 Å². The lowest BCUT2D eigenvalue weighted by molar-refractivity contribution is -0.120. The van der Waals surface area contributed by atoms with E-state index in [1.807, 2.05) is 18.2 Å². The van der Waals surface area contributed by atoms with Crippen LogP contribution in [-0.2, 0) is 17.8 Å². The fraction of sp³-hybridized carbons (Fsp3) is 0.133. The van der Waals surface area contributed by atoms with E-state index in [1.165, 1.54) is 0 Å². The molecule has 1 amide bonds. The van der Waals surface area contributed by atoms with Crippen LogP contribution < -0.4 is 5.32 Å². The molecule has 0 radical (unpaired) electrons. The smallest absolute Gasteiger partial charge is 0.224 e. The highest BCUT2D eigenvalue weighted by atomic mass is 35.5. The molecule has 104 valence electrons. The van der Waals surface area contributed by atoms with E-state index >= 15 is 0 Å². The molecule has 0 aliphatic rings. The molecule has 20 heavy (non-hydrogen) atoms. The number of benzene rings is 2. The van der Waals surface area contributed by atoms with Crippen molar-refractivity contribution in [2.24, 2.45) is 0 Å². The number of hydrogen-bond acceptors (Lipinski definition) is 1. The van der Waals surface area contributed by atoms with Gasteiger partial charge in [-0.2, -0.15) is 0 Å². The van der Waals surface area contributed by atoms with Gasteiger partial charge in [-0.25, -0.2) is 0 Å². The van der Waals surface area contributed by atoms with Gasteiger partial charge in [0.15, 0.2) is 0 Å². The molecule has 0 unspecified atom stereocenters. The Kier molecular flexibility index (Phi) is 5.30.